The van der Waals surface area contributed by atoms with Crippen molar-refractivity contribution in [2.45, 2.75) is 0 Å². The summed E-state index contributed by atoms with van der Waals surface area (Å²) >= 11 is 5.94. The van der Waals surface area contributed by atoms with E-state index in [9.17, 15) is 4.79 Å². The Kier molecular flexibility index (Phi) is 2.31. The number of oxazole rings is 1. The normalized spacial score (nSPS) is 10.9. The number of pyridine rings is 1. The van der Waals surface area contributed by atoms with E-state index in [4.69, 9.17) is 21.1 Å². The smallest absolute Gasteiger partial charge is 0.373 e. The number of carboxylic acid groups (broad SMARTS) is 1. The highest BCUT2D eigenvalue weighted by atomic mass is 35.5. The van der Waals surface area contributed by atoms with Crippen LogP contribution >= 0.6 is 11.6 Å². The number of fused-ring (bicyclic) bond motifs is 1. The number of hydrogen-bond acceptors (Lipinski definition) is 4. The molecule has 0 aliphatic carbocycles. The van der Waals surface area contributed by atoms with E-state index in [2.05, 4.69) is 9.97 Å². The monoisotopic (exact) mass is 263 g/mol. The van der Waals surface area contributed by atoms with Crippen molar-refractivity contribution in [2.24, 2.45) is 0 Å². The topological polar surface area (TPSA) is 81.1 Å². The van der Waals surface area contributed by atoms with Gasteiger partial charge in [-0.3, -0.25) is 4.57 Å². The minimum absolute atomic E-state index is 0.171. The van der Waals surface area contributed by atoms with Gasteiger partial charge in [0.05, 0.1) is 11.7 Å². The molecule has 0 aliphatic rings. The van der Waals surface area contributed by atoms with Gasteiger partial charge in [0.1, 0.15) is 5.15 Å². The quantitative estimate of drug-likeness (QED) is 0.718. The summed E-state index contributed by atoms with van der Waals surface area (Å²) in [5, 5.41) is 9.90. The zero-order valence-electron chi connectivity index (χ0n) is 8.87. The maximum atomic E-state index is 10.7. The fraction of sp³-hybridized carbons (Fsp3) is 0. The highest BCUT2D eigenvalue weighted by molar-refractivity contribution is 6.34. The fourth-order valence-electron chi connectivity index (χ4n) is 1.67. The molecule has 0 radical (unpaired) electrons. The Balaban J connectivity index is 2.19. The standard InChI is InChI=1S/C11H6ClN3O3/c12-9-6-2-4-15(7(6)1-3-13-9)11-14-5-8(18-11)10(16)17/h1-5H,(H,16,17). The third-order valence-corrected chi connectivity index (χ3v) is 2.78. The third-order valence-electron chi connectivity index (χ3n) is 2.48. The molecule has 0 atom stereocenters. The summed E-state index contributed by atoms with van der Waals surface area (Å²) in [6.07, 6.45) is 4.41. The van der Waals surface area contributed by atoms with Gasteiger partial charge in [-0.05, 0) is 12.1 Å². The van der Waals surface area contributed by atoms with Gasteiger partial charge in [-0.25, -0.2) is 14.8 Å². The van der Waals surface area contributed by atoms with Gasteiger partial charge in [0, 0.05) is 17.8 Å². The first-order valence-corrected chi connectivity index (χ1v) is 5.35. The molecule has 3 aromatic rings. The summed E-state index contributed by atoms with van der Waals surface area (Å²) in [6.45, 7) is 0. The first-order valence-electron chi connectivity index (χ1n) is 4.98. The number of nitrogens with zero attached hydrogens (tertiary/aromatic N) is 3. The number of hydrogen-bond donors (Lipinski definition) is 1. The van der Waals surface area contributed by atoms with E-state index in [-0.39, 0.29) is 11.8 Å². The highest BCUT2D eigenvalue weighted by Gasteiger charge is 2.14. The van der Waals surface area contributed by atoms with Crippen LogP contribution in [0.5, 0.6) is 0 Å². The molecule has 18 heavy (non-hydrogen) atoms. The van der Waals surface area contributed by atoms with Crippen molar-refractivity contribution >= 4 is 28.5 Å². The van der Waals surface area contributed by atoms with Gasteiger partial charge in [-0.15, -0.1) is 0 Å². The largest absolute Gasteiger partial charge is 0.475 e. The van der Waals surface area contributed by atoms with Gasteiger partial charge < -0.3 is 9.52 Å². The van der Waals surface area contributed by atoms with Crippen LogP contribution in [0.3, 0.4) is 0 Å². The zero-order chi connectivity index (χ0) is 12.7. The Morgan fingerprint density at radius 2 is 2.22 bits per heavy atom. The van der Waals surface area contributed by atoms with Crippen molar-refractivity contribution in [3.05, 3.63) is 41.6 Å². The maximum absolute atomic E-state index is 10.7. The van der Waals surface area contributed by atoms with Crippen molar-refractivity contribution in [3.8, 4) is 6.01 Å². The van der Waals surface area contributed by atoms with Crippen LogP contribution in [0.2, 0.25) is 5.15 Å². The lowest BCUT2D eigenvalue weighted by atomic mass is 10.3. The first kappa shape index (κ1) is 10.8. The van der Waals surface area contributed by atoms with Crippen molar-refractivity contribution in [1.82, 2.24) is 14.5 Å². The van der Waals surface area contributed by atoms with Crippen LogP contribution in [0.1, 0.15) is 10.6 Å². The molecule has 0 amide bonds. The summed E-state index contributed by atoms with van der Waals surface area (Å²) in [5.41, 5.74) is 0.744. The van der Waals surface area contributed by atoms with Gasteiger partial charge >= 0.3 is 12.0 Å². The van der Waals surface area contributed by atoms with E-state index < -0.39 is 5.97 Å². The fourth-order valence-corrected chi connectivity index (χ4v) is 1.89. The van der Waals surface area contributed by atoms with Gasteiger partial charge in [0.15, 0.2) is 0 Å². The van der Waals surface area contributed by atoms with Crippen molar-refractivity contribution in [2.75, 3.05) is 0 Å². The van der Waals surface area contributed by atoms with Crippen LogP contribution in [0.4, 0.5) is 0 Å². The van der Waals surface area contributed by atoms with Gasteiger partial charge in [0.25, 0.3) is 0 Å². The highest BCUT2D eigenvalue weighted by Crippen LogP contribution is 2.24. The molecule has 0 spiro atoms. The molecule has 0 saturated heterocycles. The lowest BCUT2D eigenvalue weighted by Gasteiger charge is -1.99. The van der Waals surface area contributed by atoms with Crippen LogP contribution in [0, 0.1) is 0 Å². The van der Waals surface area contributed by atoms with Gasteiger partial charge in [0.2, 0.25) is 5.76 Å². The Labute approximate surface area is 105 Å². The molecule has 6 nitrogen and oxygen atoms in total. The molecule has 0 aromatic carbocycles. The number of rotatable bonds is 2. The molecular formula is C11H6ClN3O3. The molecule has 0 bridgehead atoms. The van der Waals surface area contributed by atoms with Crippen LogP contribution in [-0.2, 0) is 0 Å². The third kappa shape index (κ3) is 1.54. The van der Waals surface area contributed by atoms with E-state index in [0.717, 1.165) is 17.1 Å². The lowest BCUT2D eigenvalue weighted by molar-refractivity contribution is 0.0662. The Bertz CT molecular complexity index is 747. The second kappa shape index (κ2) is 3.85. The average Bonchev–Trinajstić information content (AvgIpc) is 2.94. The number of aromatic nitrogens is 3. The van der Waals surface area contributed by atoms with E-state index >= 15 is 0 Å². The molecule has 1 N–H and O–H groups in total. The van der Waals surface area contributed by atoms with E-state index in [0.29, 0.717) is 5.15 Å². The molecule has 3 aromatic heterocycles. The summed E-state index contributed by atoms with van der Waals surface area (Å²) in [6, 6.07) is 3.67. The van der Waals surface area contributed by atoms with Crippen LogP contribution in [0.25, 0.3) is 16.9 Å². The molecule has 0 unspecified atom stereocenters. The Morgan fingerprint density at radius 1 is 1.39 bits per heavy atom. The maximum Gasteiger partial charge on any atom is 0.373 e. The molecule has 3 rings (SSSR count). The van der Waals surface area contributed by atoms with Crippen LogP contribution in [0.15, 0.2) is 35.1 Å². The predicted octanol–water partition coefficient (Wildman–Crippen LogP) is 2.37. The Morgan fingerprint density at radius 3 is 2.94 bits per heavy atom. The molecule has 90 valence electrons. The summed E-state index contributed by atoms with van der Waals surface area (Å²) < 4.78 is 6.73. The zero-order valence-corrected chi connectivity index (χ0v) is 9.63. The number of aromatic carboxylic acids is 1. The van der Waals surface area contributed by atoms with Crippen molar-refractivity contribution in [3.63, 3.8) is 0 Å². The molecule has 0 fully saturated rings. The van der Waals surface area contributed by atoms with E-state index in [1.807, 2.05) is 0 Å². The molecule has 7 heteroatoms. The summed E-state index contributed by atoms with van der Waals surface area (Å²) in [5.74, 6) is -1.38. The van der Waals surface area contributed by atoms with Crippen LogP contribution in [-0.4, -0.2) is 25.6 Å². The van der Waals surface area contributed by atoms with Crippen molar-refractivity contribution < 1.29 is 14.3 Å². The molecule has 3 heterocycles. The minimum Gasteiger partial charge on any atom is -0.475 e. The lowest BCUT2D eigenvalue weighted by Crippen LogP contribution is -1.93. The predicted molar refractivity (Wildman–Crippen MR) is 63.1 cm³/mol. The summed E-state index contributed by atoms with van der Waals surface area (Å²) in [4.78, 5) is 18.6. The average molecular weight is 264 g/mol. The first-order chi connectivity index (χ1) is 8.66. The van der Waals surface area contributed by atoms with Crippen molar-refractivity contribution in [1.29, 1.82) is 0 Å². The van der Waals surface area contributed by atoms with Crippen LogP contribution < -0.4 is 0 Å². The molecular weight excluding hydrogens is 258 g/mol. The second-order valence-corrected chi connectivity index (χ2v) is 3.89. The SMILES string of the molecule is O=C(O)c1cnc(-n2ccc3c(Cl)nccc32)o1. The number of halogens is 1. The number of carboxylic acids is 1. The second-order valence-electron chi connectivity index (χ2n) is 3.53. The molecule has 0 saturated carbocycles. The van der Waals surface area contributed by atoms with Gasteiger partial charge in [-0.1, -0.05) is 11.6 Å². The Hall–Kier alpha value is -2.34. The van der Waals surface area contributed by atoms with Gasteiger partial charge in [-0.2, -0.15) is 0 Å². The summed E-state index contributed by atoms with van der Waals surface area (Å²) in [7, 11) is 0. The number of carbonyl (C=O) groups is 1. The van der Waals surface area contributed by atoms with E-state index in [1.54, 1.807) is 29.1 Å². The van der Waals surface area contributed by atoms with E-state index in [1.165, 1.54) is 0 Å². The molecule has 0 aliphatic heterocycles. The minimum atomic E-state index is -1.16.